The summed E-state index contributed by atoms with van der Waals surface area (Å²) in [5.41, 5.74) is 10.9. The average Bonchev–Trinajstić information content (AvgIpc) is 2.79. The van der Waals surface area contributed by atoms with Crippen molar-refractivity contribution in [1.29, 1.82) is 0 Å². The van der Waals surface area contributed by atoms with Gasteiger partial charge in [-0.2, -0.15) is 0 Å². The maximum Gasteiger partial charge on any atom is 0.304 e. The normalized spacial score (nSPS) is 18.6. The number of halogens is 1. The van der Waals surface area contributed by atoms with Gasteiger partial charge >= 0.3 is 5.91 Å². The number of benzene rings is 1. The van der Waals surface area contributed by atoms with Gasteiger partial charge in [0.15, 0.2) is 0 Å². The summed E-state index contributed by atoms with van der Waals surface area (Å²) in [6, 6.07) is 4.89. The first-order chi connectivity index (χ1) is 16.0. The predicted octanol–water partition coefficient (Wildman–Crippen LogP) is 4.96. The molecule has 1 aromatic carbocycles. The van der Waals surface area contributed by atoms with Gasteiger partial charge in [-0.05, 0) is 47.2 Å². The first-order valence-corrected chi connectivity index (χ1v) is 14.2. The Labute approximate surface area is 204 Å². The smallest absolute Gasteiger partial charge is 0.304 e. The van der Waals surface area contributed by atoms with Crippen molar-refractivity contribution in [2.75, 3.05) is 18.6 Å². The predicted molar refractivity (Wildman–Crippen MR) is 136 cm³/mol. The van der Waals surface area contributed by atoms with Crippen LogP contribution in [-0.2, 0) is 21.0 Å². The molecule has 1 aliphatic rings. The number of hydrogen-bond acceptors (Lipinski definition) is 4. The molecule has 0 aromatic heterocycles. The van der Waals surface area contributed by atoms with E-state index >= 15 is 0 Å². The van der Waals surface area contributed by atoms with E-state index in [1.807, 2.05) is 0 Å². The zero-order valence-electron chi connectivity index (χ0n) is 21.5. The van der Waals surface area contributed by atoms with Gasteiger partial charge in [0, 0.05) is 30.2 Å². The Kier molecular flexibility index (Phi) is 9.71. The lowest BCUT2D eigenvalue weighted by atomic mass is 9.97. The number of methoxy groups -OCH3 is 1. The second-order valence-corrected chi connectivity index (χ2v) is 15.5. The van der Waals surface area contributed by atoms with Crippen LogP contribution in [0.2, 0.25) is 16.6 Å². The number of alkyl halides is 1. The molecule has 2 rings (SSSR count). The molecule has 0 saturated carbocycles. The topological polar surface area (TPSA) is 81.9 Å². The summed E-state index contributed by atoms with van der Waals surface area (Å²) in [7, 11) is -0.684. The van der Waals surface area contributed by atoms with Crippen molar-refractivity contribution in [2.24, 2.45) is 11.7 Å². The molecule has 2 atom stereocenters. The van der Waals surface area contributed by atoms with Gasteiger partial charge in [0.1, 0.15) is 26.7 Å². The van der Waals surface area contributed by atoms with Gasteiger partial charge in [-0.3, -0.25) is 14.5 Å². The highest BCUT2D eigenvalue weighted by atomic mass is 28.3. The molecule has 0 spiro atoms. The molecule has 1 aliphatic heterocycles. The van der Waals surface area contributed by atoms with Crippen molar-refractivity contribution in [2.45, 2.75) is 83.9 Å². The molecule has 8 heteroatoms. The number of anilines is 1. The number of carbonyl (C=O) groups is 2. The van der Waals surface area contributed by atoms with Gasteiger partial charge in [-0.1, -0.05) is 41.5 Å². The Balaban J connectivity index is 2.58. The van der Waals surface area contributed by atoms with Crippen LogP contribution in [-0.4, -0.2) is 39.8 Å². The monoisotopic (exact) mass is 490 g/mol. The lowest BCUT2D eigenvalue weighted by Crippen LogP contribution is -2.48. The Morgan fingerprint density at radius 1 is 1.21 bits per heavy atom. The largest absolute Gasteiger partial charge is 0.496 e. The molecule has 1 heterocycles. The Morgan fingerprint density at radius 3 is 2.32 bits per heavy atom. The van der Waals surface area contributed by atoms with Crippen LogP contribution in [0.5, 0.6) is 5.75 Å². The maximum absolute atomic E-state index is 13.7. The van der Waals surface area contributed by atoms with Gasteiger partial charge in [0.25, 0.3) is 0 Å². The number of carbonyl (C=O) groups excluding carboxylic acids is 2. The van der Waals surface area contributed by atoms with Crippen LogP contribution in [0, 0.1) is 17.4 Å². The first kappa shape index (κ1) is 27.9. The molecule has 0 bridgehead atoms. The van der Waals surface area contributed by atoms with E-state index in [-0.39, 0.29) is 6.42 Å². The molecule has 1 aromatic rings. The zero-order valence-corrected chi connectivity index (χ0v) is 22.5. The number of ether oxygens (including phenoxy) is 2. The molecule has 2 amide bonds. The Hall–Kier alpha value is -2.37. The second-order valence-electron chi connectivity index (χ2n) is 9.90. The standard InChI is InChI=1S/C26H39FN2O4Si/c1-17(2)34(18(3)4,19(5)6)13-11-24(30)29(25-15-20(26(28)31)10-12-33-25)22-8-9-23(32-7)21(14-22)16-27/h8-9,14,17-20,25H,10,12,15-16H2,1-7H3,(H2,28,31). The summed E-state index contributed by atoms with van der Waals surface area (Å²) < 4.78 is 24.9. The van der Waals surface area contributed by atoms with E-state index in [0.717, 1.165) is 0 Å². The van der Waals surface area contributed by atoms with Gasteiger partial charge in [-0.15, -0.1) is 5.54 Å². The molecule has 0 aliphatic carbocycles. The summed E-state index contributed by atoms with van der Waals surface area (Å²) in [5.74, 6) is 2.10. The summed E-state index contributed by atoms with van der Waals surface area (Å²) in [6.07, 6.45) is 0.0464. The summed E-state index contributed by atoms with van der Waals surface area (Å²) >= 11 is 0. The molecule has 2 unspecified atom stereocenters. The van der Waals surface area contributed by atoms with Crippen molar-refractivity contribution < 1.29 is 23.5 Å². The number of hydrogen-bond donors (Lipinski definition) is 1. The van der Waals surface area contributed by atoms with Crippen LogP contribution in [0.1, 0.15) is 59.9 Å². The molecule has 1 saturated heterocycles. The minimum atomic E-state index is -2.15. The molecular weight excluding hydrogens is 451 g/mol. The third-order valence-corrected chi connectivity index (χ3v) is 13.4. The third-order valence-electron chi connectivity index (χ3n) is 7.11. The van der Waals surface area contributed by atoms with Crippen molar-refractivity contribution in [3.05, 3.63) is 23.8 Å². The van der Waals surface area contributed by atoms with Crippen molar-refractivity contribution in [3.8, 4) is 17.2 Å². The van der Waals surface area contributed by atoms with Crippen LogP contribution in [0.3, 0.4) is 0 Å². The van der Waals surface area contributed by atoms with Gasteiger partial charge < -0.3 is 15.2 Å². The van der Waals surface area contributed by atoms with Crippen LogP contribution < -0.4 is 15.4 Å². The van der Waals surface area contributed by atoms with Crippen molar-refractivity contribution in [1.82, 2.24) is 0 Å². The number of primary amides is 1. The fourth-order valence-electron chi connectivity index (χ4n) is 5.30. The first-order valence-electron chi connectivity index (χ1n) is 12.0. The minimum absolute atomic E-state index is 0.265. The second kappa shape index (κ2) is 11.9. The zero-order chi connectivity index (χ0) is 25.6. The molecule has 6 nitrogen and oxygen atoms in total. The SMILES string of the molecule is COc1ccc(N(C(=O)C#C[Si](C(C)C)(C(C)C)C(C)C)C2CC(C(N)=O)CCO2)cc1CF. The van der Waals surface area contributed by atoms with E-state index in [2.05, 4.69) is 53.0 Å². The van der Waals surface area contributed by atoms with E-state index in [4.69, 9.17) is 15.2 Å². The molecule has 1 fully saturated rings. The lowest BCUT2D eigenvalue weighted by Gasteiger charge is -2.38. The summed E-state index contributed by atoms with van der Waals surface area (Å²) in [4.78, 5) is 27.0. The number of nitrogens with zero attached hydrogens (tertiary/aromatic N) is 1. The molecule has 188 valence electrons. The highest BCUT2D eigenvalue weighted by Gasteiger charge is 2.42. The average molecular weight is 491 g/mol. The van der Waals surface area contributed by atoms with E-state index in [9.17, 15) is 14.0 Å². The van der Waals surface area contributed by atoms with Gasteiger partial charge in [0.2, 0.25) is 5.91 Å². The highest BCUT2D eigenvalue weighted by molar-refractivity contribution is 6.90. The van der Waals surface area contributed by atoms with Gasteiger partial charge in [0.05, 0.1) is 7.11 Å². The summed E-state index contributed by atoms with van der Waals surface area (Å²) in [5, 5.41) is 0. The molecule has 0 radical (unpaired) electrons. The van der Waals surface area contributed by atoms with Crippen LogP contribution in [0.25, 0.3) is 0 Å². The Bertz CT molecular complexity index is 917. The third kappa shape index (κ3) is 5.81. The highest BCUT2D eigenvalue weighted by Crippen LogP contribution is 2.41. The van der Waals surface area contributed by atoms with E-state index < -0.39 is 38.7 Å². The number of nitrogens with two attached hydrogens (primary N) is 1. The number of rotatable bonds is 8. The van der Waals surface area contributed by atoms with E-state index in [1.165, 1.54) is 12.0 Å². The fraction of sp³-hybridized carbons (Fsp3) is 0.615. The van der Waals surface area contributed by atoms with Crippen LogP contribution in [0.15, 0.2) is 18.2 Å². The summed E-state index contributed by atoms with van der Waals surface area (Å²) in [6.45, 7) is 12.6. The quantitative estimate of drug-likeness (QED) is 0.413. The van der Waals surface area contributed by atoms with Crippen LogP contribution in [0.4, 0.5) is 10.1 Å². The maximum atomic E-state index is 13.7. The molecular formula is C26H39FN2O4Si. The fourth-order valence-corrected chi connectivity index (χ4v) is 10.5. The van der Waals surface area contributed by atoms with E-state index in [1.54, 1.807) is 18.2 Å². The number of amides is 2. The van der Waals surface area contributed by atoms with Crippen molar-refractivity contribution >= 4 is 25.6 Å². The molecule has 2 N–H and O–H groups in total. The van der Waals surface area contributed by atoms with Gasteiger partial charge in [-0.25, -0.2) is 4.39 Å². The van der Waals surface area contributed by atoms with E-state index in [0.29, 0.717) is 46.7 Å². The van der Waals surface area contributed by atoms with Crippen molar-refractivity contribution in [3.63, 3.8) is 0 Å². The lowest BCUT2D eigenvalue weighted by molar-refractivity contribution is -0.129. The molecule has 34 heavy (non-hydrogen) atoms. The minimum Gasteiger partial charge on any atom is -0.496 e. The van der Waals surface area contributed by atoms with Crippen LogP contribution >= 0.6 is 0 Å². The Morgan fingerprint density at radius 2 is 1.82 bits per heavy atom.